The molecule has 0 radical (unpaired) electrons. The van der Waals surface area contributed by atoms with Crippen LogP contribution in [0.15, 0.2) is 30.3 Å². The molecule has 22 heavy (non-hydrogen) atoms. The number of rotatable bonds is 8. The fraction of sp³-hybridized carbons (Fsp3) is 0.529. The summed E-state index contributed by atoms with van der Waals surface area (Å²) in [6, 6.07) is 9.30. The summed E-state index contributed by atoms with van der Waals surface area (Å²) in [6.45, 7) is 7.54. The minimum absolute atomic E-state index is 0.207. The summed E-state index contributed by atoms with van der Waals surface area (Å²) in [5.74, 6) is -1.77. The van der Waals surface area contributed by atoms with Crippen LogP contribution in [0, 0.1) is 11.3 Å². The fourth-order valence-electron chi connectivity index (χ4n) is 1.80. The average molecular weight is 307 g/mol. The molecule has 0 heterocycles. The molecule has 0 spiro atoms. The molecule has 2 N–H and O–H groups in total. The zero-order chi connectivity index (χ0) is 16.8. The van der Waals surface area contributed by atoms with Gasteiger partial charge in [0.05, 0.1) is 24.5 Å². The maximum Gasteiger partial charge on any atom is 0.308 e. The van der Waals surface area contributed by atoms with Crippen LogP contribution in [0.5, 0.6) is 0 Å². The van der Waals surface area contributed by atoms with Gasteiger partial charge < -0.3 is 15.2 Å². The highest BCUT2D eigenvalue weighted by Crippen LogP contribution is 2.18. The summed E-state index contributed by atoms with van der Waals surface area (Å²) in [5, 5.41) is 11.7. The number of carboxylic acid groups (broad SMARTS) is 1. The van der Waals surface area contributed by atoms with E-state index in [1.165, 1.54) is 0 Å². The number of hydrogen-bond donors (Lipinski definition) is 2. The van der Waals surface area contributed by atoms with Gasteiger partial charge in [-0.2, -0.15) is 0 Å². The SMILES string of the molecule is CC(NC(=O)C(C)(C)COCc1ccccc1)C(C)C(=O)O. The molecule has 0 aromatic heterocycles. The van der Waals surface area contributed by atoms with Gasteiger partial charge in [0.15, 0.2) is 0 Å². The number of amides is 1. The van der Waals surface area contributed by atoms with Crippen molar-refractivity contribution in [1.29, 1.82) is 0 Å². The molecule has 0 aliphatic rings. The molecular weight excluding hydrogens is 282 g/mol. The van der Waals surface area contributed by atoms with E-state index in [2.05, 4.69) is 5.32 Å². The third-order valence-corrected chi connectivity index (χ3v) is 3.69. The lowest BCUT2D eigenvalue weighted by Gasteiger charge is -2.27. The Balaban J connectivity index is 2.47. The Bertz CT molecular complexity index is 499. The van der Waals surface area contributed by atoms with Crippen LogP contribution in [0.1, 0.15) is 33.3 Å². The zero-order valence-corrected chi connectivity index (χ0v) is 13.6. The van der Waals surface area contributed by atoms with Gasteiger partial charge in [-0.1, -0.05) is 30.3 Å². The van der Waals surface area contributed by atoms with Crippen molar-refractivity contribution in [2.75, 3.05) is 6.61 Å². The van der Waals surface area contributed by atoms with Gasteiger partial charge >= 0.3 is 5.97 Å². The molecule has 0 fully saturated rings. The van der Waals surface area contributed by atoms with Crippen molar-refractivity contribution < 1.29 is 19.4 Å². The molecule has 0 aliphatic carbocycles. The van der Waals surface area contributed by atoms with E-state index >= 15 is 0 Å². The van der Waals surface area contributed by atoms with Crippen molar-refractivity contribution in [3.8, 4) is 0 Å². The lowest BCUT2D eigenvalue weighted by Crippen LogP contribution is -2.47. The molecule has 0 saturated carbocycles. The Labute approximate surface area is 131 Å². The van der Waals surface area contributed by atoms with E-state index in [1.54, 1.807) is 27.7 Å². The van der Waals surface area contributed by atoms with Gasteiger partial charge in [0, 0.05) is 6.04 Å². The van der Waals surface area contributed by atoms with E-state index in [9.17, 15) is 9.59 Å². The molecule has 5 heteroatoms. The minimum atomic E-state index is -0.925. The molecular formula is C17H25NO4. The van der Waals surface area contributed by atoms with Gasteiger partial charge in [0.25, 0.3) is 0 Å². The molecule has 0 aliphatic heterocycles. The van der Waals surface area contributed by atoms with Crippen LogP contribution in [-0.2, 0) is 20.9 Å². The first-order chi connectivity index (χ1) is 10.2. The topological polar surface area (TPSA) is 75.6 Å². The van der Waals surface area contributed by atoms with E-state index in [0.717, 1.165) is 5.56 Å². The number of benzene rings is 1. The number of carboxylic acids is 1. The second kappa shape index (κ2) is 7.94. The average Bonchev–Trinajstić information content (AvgIpc) is 2.47. The Morgan fingerprint density at radius 3 is 2.36 bits per heavy atom. The highest BCUT2D eigenvalue weighted by atomic mass is 16.5. The molecule has 0 saturated heterocycles. The van der Waals surface area contributed by atoms with Crippen molar-refractivity contribution in [2.45, 2.75) is 40.3 Å². The molecule has 1 aromatic rings. The highest BCUT2D eigenvalue weighted by Gasteiger charge is 2.31. The standard InChI is InChI=1S/C17H25NO4/c1-12(15(19)20)13(2)18-16(21)17(3,4)11-22-10-14-8-6-5-7-9-14/h5-9,12-13H,10-11H2,1-4H3,(H,18,21)(H,19,20). The summed E-state index contributed by atoms with van der Waals surface area (Å²) in [4.78, 5) is 23.2. The van der Waals surface area contributed by atoms with Crippen molar-refractivity contribution in [3.63, 3.8) is 0 Å². The summed E-state index contributed by atoms with van der Waals surface area (Å²) in [6.07, 6.45) is 0. The van der Waals surface area contributed by atoms with Crippen LogP contribution in [0.2, 0.25) is 0 Å². The van der Waals surface area contributed by atoms with E-state index < -0.39 is 23.3 Å². The maximum atomic E-state index is 12.3. The van der Waals surface area contributed by atoms with Crippen molar-refractivity contribution in [3.05, 3.63) is 35.9 Å². The molecule has 1 rings (SSSR count). The van der Waals surface area contributed by atoms with Crippen molar-refractivity contribution >= 4 is 11.9 Å². The van der Waals surface area contributed by atoms with Crippen molar-refractivity contribution in [2.24, 2.45) is 11.3 Å². The summed E-state index contributed by atoms with van der Waals surface area (Å²) in [7, 11) is 0. The minimum Gasteiger partial charge on any atom is -0.481 e. The zero-order valence-electron chi connectivity index (χ0n) is 13.6. The number of carbonyl (C=O) groups is 2. The first kappa shape index (κ1) is 18.2. The molecule has 122 valence electrons. The second-order valence-electron chi connectivity index (χ2n) is 6.25. The number of hydrogen-bond acceptors (Lipinski definition) is 3. The smallest absolute Gasteiger partial charge is 0.308 e. The van der Waals surface area contributed by atoms with Gasteiger partial charge in [0.2, 0.25) is 5.91 Å². The van der Waals surface area contributed by atoms with E-state index in [4.69, 9.17) is 9.84 Å². The van der Waals surface area contributed by atoms with Gasteiger partial charge in [-0.15, -0.1) is 0 Å². The highest BCUT2D eigenvalue weighted by molar-refractivity contribution is 5.83. The Morgan fingerprint density at radius 1 is 1.23 bits per heavy atom. The molecule has 0 bridgehead atoms. The van der Waals surface area contributed by atoms with Crippen LogP contribution < -0.4 is 5.32 Å². The molecule has 5 nitrogen and oxygen atoms in total. The number of nitrogens with one attached hydrogen (secondary N) is 1. The Kier molecular flexibility index (Phi) is 6.56. The normalized spacial score (nSPS) is 14.2. The number of carbonyl (C=O) groups excluding carboxylic acids is 1. The summed E-state index contributed by atoms with van der Waals surface area (Å²) < 4.78 is 5.62. The maximum absolute atomic E-state index is 12.3. The number of ether oxygens (including phenoxy) is 1. The van der Waals surface area contributed by atoms with Gasteiger partial charge in [-0.3, -0.25) is 9.59 Å². The van der Waals surface area contributed by atoms with Gasteiger partial charge in [0.1, 0.15) is 0 Å². The van der Waals surface area contributed by atoms with Gasteiger partial charge in [-0.25, -0.2) is 0 Å². The van der Waals surface area contributed by atoms with Crippen LogP contribution >= 0.6 is 0 Å². The fourth-order valence-corrected chi connectivity index (χ4v) is 1.80. The Morgan fingerprint density at radius 2 is 1.82 bits per heavy atom. The summed E-state index contributed by atoms with van der Waals surface area (Å²) >= 11 is 0. The van der Waals surface area contributed by atoms with Crippen LogP contribution in [0.4, 0.5) is 0 Å². The van der Waals surface area contributed by atoms with Crippen LogP contribution in [0.3, 0.4) is 0 Å². The second-order valence-corrected chi connectivity index (χ2v) is 6.25. The third kappa shape index (κ3) is 5.48. The van der Waals surface area contributed by atoms with Crippen LogP contribution in [-0.4, -0.2) is 29.6 Å². The monoisotopic (exact) mass is 307 g/mol. The molecule has 2 unspecified atom stereocenters. The van der Waals surface area contributed by atoms with E-state index in [1.807, 2.05) is 30.3 Å². The van der Waals surface area contributed by atoms with Crippen molar-refractivity contribution in [1.82, 2.24) is 5.32 Å². The largest absolute Gasteiger partial charge is 0.481 e. The Hall–Kier alpha value is -1.88. The van der Waals surface area contributed by atoms with E-state index in [0.29, 0.717) is 6.61 Å². The first-order valence-electron chi connectivity index (χ1n) is 7.39. The van der Waals surface area contributed by atoms with Crippen LogP contribution in [0.25, 0.3) is 0 Å². The molecule has 2 atom stereocenters. The quantitative estimate of drug-likeness (QED) is 0.773. The predicted octanol–water partition coefficient (Wildman–Crippen LogP) is 2.45. The first-order valence-corrected chi connectivity index (χ1v) is 7.39. The lowest BCUT2D eigenvalue weighted by molar-refractivity contribution is -0.142. The predicted molar refractivity (Wildman–Crippen MR) is 84.3 cm³/mol. The molecule has 1 aromatic carbocycles. The number of aliphatic carboxylic acids is 1. The lowest BCUT2D eigenvalue weighted by atomic mass is 9.92. The van der Waals surface area contributed by atoms with E-state index in [-0.39, 0.29) is 12.5 Å². The molecule has 1 amide bonds. The van der Waals surface area contributed by atoms with Gasteiger partial charge in [-0.05, 0) is 33.3 Å². The summed E-state index contributed by atoms with van der Waals surface area (Å²) in [5.41, 5.74) is 0.327. The third-order valence-electron chi connectivity index (χ3n) is 3.69.